The van der Waals surface area contributed by atoms with Crippen molar-refractivity contribution >= 4 is 11.6 Å². The molecule has 1 fully saturated rings. The van der Waals surface area contributed by atoms with E-state index in [1.165, 1.54) is 32.0 Å². The Bertz CT molecular complexity index is 1090. The SMILES string of the molecule is COc1cc(C(=O)N2CC3CC(C2)c2ccc([N+](=O)[O-])c(=O)n2C3)cc(OC)c1OC. The van der Waals surface area contributed by atoms with Crippen LogP contribution in [0, 0.1) is 16.0 Å². The number of hydrogen-bond acceptors (Lipinski definition) is 7. The van der Waals surface area contributed by atoms with Gasteiger partial charge in [0.1, 0.15) is 0 Å². The number of nitrogens with zero attached hydrogens (tertiary/aromatic N) is 3. The normalized spacial score (nSPS) is 19.4. The second kappa shape index (κ2) is 7.93. The molecule has 2 aromatic rings. The summed E-state index contributed by atoms with van der Waals surface area (Å²) in [6.45, 7) is 1.23. The van der Waals surface area contributed by atoms with Gasteiger partial charge >= 0.3 is 11.2 Å². The van der Waals surface area contributed by atoms with Gasteiger partial charge in [-0.15, -0.1) is 0 Å². The Kier molecular flexibility index (Phi) is 5.30. The molecule has 10 heteroatoms. The molecule has 3 heterocycles. The second-order valence-corrected chi connectivity index (χ2v) is 7.74. The number of ether oxygens (including phenoxy) is 3. The largest absolute Gasteiger partial charge is 0.493 e. The van der Waals surface area contributed by atoms with Gasteiger partial charge < -0.3 is 23.7 Å². The number of fused-ring (bicyclic) bond motifs is 4. The minimum absolute atomic E-state index is 0.0388. The van der Waals surface area contributed by atoms with E-state index in [0.29, 0.717) is 42.4 Å². The lowest BCUT2D eigenvalue weighted by atomic mass is 9.83. The summed E-state index contributed by atoms with van der Waals surface area (Å²) in [6.07, 6.45) is 0.830. The molecule has 0 saturated carbocycles. The number of carbonyl (C=O) groups is 1. The smallest absolute Gasteiger partial charge is 0.334 e. The number of benzene rings is 1. The van der Waals surface area contributed by atoms with Crippen molar-refractivity contribution in [1.82, 2.24) is 9.47 Å². The van der Waals surface area contributed by atoms with E-state index in [9.17, 15) is 19.7 Å². The van der Waals surface area contributed by atoms with Crippen LogP contribution in [0.15, 0.2) is 29.1 Å². The lowest BCUT2D eigenvalue weighted by molar-refractivity contribution is -0.386. The third-order valence-electron chi connectivity index (χ3n) is 5.98. The highest BCUT2D eigenvalue weighted by Crippen LogP contribution is 2.40. The maximum absolute atomic E-state index is 13.3. The lowest BCUT2D eigenvalue weighted by Gasteiger charge is -2.42. The molecule has 2 unspecified atom stereocenters. The quantitative estimate of drug-likeness (QED) is 0.528. The number of pyridine rings is 1. The van der Waals surface area contributed by atoms with Gasteiger partial charge in [0.2, 0.25) is 5.75 Å². The van der Waals surface area contributed by atoms with Gasteiger partial charge in [-0.1, -0.05) is 0 Å². The fourth-order valence-corrected chi connectivity index (χ4v) is 4.63. The topological polar surface area (TPSA) is 113 Å². The van der Waals surface area contributed by atoms with Crippen molar-refractivity contribution in [3.63, 3.8) is 0 Å². The van der Waals surface area contributed by atoms with E-state index in [-0.39, 0.29) is 17.7 Å². The van der Waals surface area contributed by atoms with Gasteiger partial charge in [-0.3, -0.25) is 19.7 Å². The number of likely N-dealkylation sites (tertiary alicyclic amines) is 1. The molecule has 164 valence electrons. The zero-order valence-corrected chi connectivity index (χ0v) is 17.5. The Hall–Kier alpha value is -3.56. The Balaban J connectivity index is 1.65. The number of aromatic nitrogens is 1. The first-order valence-electron chi connectivity index (χ1n) is 9.85. The van der Waals surface area contributed by atoms with Gasteiger partial charge in [0.15, 0.2) is 11.5 Å². The summed E-state index contributed by atoms with van der Waals surface area (Å²) in [5.74, 6) is 1.00. The van der Waals surface area contributed by atoms with Crippen molar-refractivity contribution in [1.29, 1.82) is 0 Å². The van der Waals surface area contributed by atoms with E-state index >= 15 is 0 Å². The number of rotatable bonds is 5. The number of amides is 1. The summed E-state index contributed by atoms with van der Waals surface area (Å²) in [5.41, 5.74) is 0.139. The highest BCUT2D eigenvalue weighted by molar-refractivity contribution is 5.95. The van der Waals surface area contributed by atoms with Crippen LogP contribution in [0.25, 0.3) is 0 Å². The average molecular weight is 429 g/mol. The van der Waals surface area contributed by atoms with Crippen LogP contribution in [0.2, 0.25) is 0 Å². The maximum Gasteiger partial charge on any atom is 0.334 e. The molecular weight excluding hydrogens is 406 g/mol. The minimum Gasteiger partial charge on any atom is -0.493 e. The summed E-state index contributed by atoms with van der Waals surface area (Å²) in [7, 11) is 4.48. The molecule has 2 aliphatic heterocycles. The molecule has 1 aromatic heterocycles. The molecular formula is C21H23N3O7. The van der Waals surface area contributed by atoms with Crippen LogP contribution >= 0.6 is 0 Å². The molecule has 0 N–H and O–H groups in total. The van der Waals surface area contributed by atoms with Gasteiger partial charge in [0.05, 0.1) is 26.3 Å². The molecule has 2 atom stereocenters. The van der Waals surface area contributed by atoms with Crippen molar-refractivity contribution < 1.29 is 23.9 Å². The van der Waals surface area contributed by atoms with Crippen molar-refractivity contribution in [2.45, 2.75) is 18.9 Å². The molecule has 4 rings (SSSR count). The van der Waals surface area contributed by atoms with Gasteiger partial charge in [0.25, 0.3) is 5.91 Å². The van der Waals surface area contributed by atoms with E-state index in [1.54, 1.807) is 23.1 Å². The second-order valence-electron chi connectivity index (χ2n) is 7.74. The molecule has 1 saturated heterocycles. The summed E-state index contributed by atoms with van der Waals surface area (Å²) < 4.78 is 17.5. The number of nitro groups is 1. The number of methoxy groups -OCH3 is 3. The standard InChI is InChI=1S/C21H23N3O7/c1-29-17-7-13(8-18(30-2)19(17)31-3)20(25)22-9-12-6-14(11-22)15-4-5-16(24(27)28)21(26)23(15)10-12/h4-5,7-8,12,14H,6,9-11H2,1-3H3. The van der Waals surface area contributed by atoms with Crippen molar-refractivity contribution in [2.75, 3.05) is 34.4 Å². The summed E-state index contributed by atoms with van der Waals surface area (Å²) >= 11 is 0. The predicted molar refractivity (Wildman–Crippen MR) is 110 cm³/mol. The van der Waals surface area contributed by atoms with Crippen LogP contribution in [0.5, 0.6) is 17.2 Å². The van der Waals surface area contributed by atoms with Crippen molar-refractivity contribution in [3.8, 4) is 17.2 Å². The van der Waals surface area contributed by atoms with E-state index in [1.807, 2.05) is 0 Å². The molecule has 31 heavy (non-hydrogen) atoms. The van der Waals surface area contributed by atoms with Crippen LogP contribution in [0.1, 0.15) is 28.4 Å². The molecule has 2 bridgehead atoms. The highest BCUT2D eigenvalue weighted by Gasteiger charge is 2.38. The van der Waals surface area contributed by atoms with Crippen LogP contribution in [0.4, 0.5) is 5.69 Å². The first kappa shape index (κ1) is 20.7. The van der Waals surface area contributed by atoms with Gasteiger partial charge in [0, 0.05) is 42.9 Å². The number of hydrogen-bond donors (Lipinski definition) is 0. The first-order chi connectivity index (χ1) is 14.9. The Morgan fingerprint density at radius 3 is 2.32 bits per heavy atom. The zero-order chi connectivity index (χ0) is 22.3. The molecule has 0 spiro atoms. The predicted octanol–water partition coefficient (Wildman–Crippen LogP) is 2.04. The first-order valence-corrected chi connectivity index (χ1v) is 9.85. The lowest BCUT2D eigenvalue weighted by Crippen LogP contribution is -2.49. The zero-order valence-electron chi connectivity index (χ0n) is 17.5. The van der Waals surface area contributed by atoms with Crippen LogP contribution < -0.4 is 19.8 Å². The number of carbonyl (C=O) groups excluding carboxylic acids is 1. The van der Waals surface area contributed by atoms with Crippen LogP contribution in [-0.4, -0.2) is 54.7 Å². The summed E-state index contributed by atoms with van der Waals surface area (Å²) in [4.78, 5) is 38.0. The molecule has 2 aliphatic rings. The van der Waals surface area contributed by atoms with E-state index in [4.69, 9.17) is 14.2 Å². The van der Waals surface area contributed by atoms with Crippen LogP contribution in [0.3, 0.4) is 0 Å². The fourth-order valence-electron chi connectivity index (χ4n) is 4.63. The third-order valence-corrected chi connectivity index (χ3v) is 5.98. The molecule has 0 radical (unpaired) electrons. The third kappa shape index (κ3) is 3.47. The van der Waals surface area contributed by atoms with Gasteiger partial charge in [-0.05, 0) is 30.5 Å². The van der Waals surface area contributed by atoms with E-state index in [2.05, 4.69) is 0 Å². The minimum atomic E-state index is -0.653. The molecule has 1 aromatic carbocycles. The maximum atomic E-state index is 13.3. The van der Waals surface area contributed by atoms with Gasteiger partial charge in [-0.25, -0.2) is 0 Å². The van der Waals surface area contributed by atoms with E-state index < -0.39 is 16.2 Å². The summed E-state index contributed by atoms with van der Waals surface area (Å²) in [5, 5.41) is 11.1. The Labute approximate surface area is 178 Å². The Morgan fingerprint density at radius 2 is 1.74 bits per heavy atom. The Morgan fingerprint density at radius 1 is 1.06 bits per heavy atom. The van der Waals surface area contributed by atoms with Crippen molar-refractivity contribution in [2.24, 2.45) is 5.92 Å². The highest BCUT2D eigenvalue weighted by atomic mass is 16.6. The molecule has 0 aliphatic carbocycles. The average Bonchev–Trinajstić information content (AvgIpc) is 2.77. The van der Waals surface area contributed by atoms with E-state index in [0.717, 1.165) is 12.1 Å². The summed E-state index contributed by atoms with van der Waals surface area (Å²) in [6, 6.07) is 6.13. The fraction of sp³-hybridized carbons (Fsp3) is 0.429. The van der Waals surface area contributed by atoms with Crippen LogP contribution in [-0.2, 0) is 6.54 Å². The molecule has 10 nitrogen and oxygen atoms in total. The van der Waals surface area contributed by atoms with Crippen molar-refractivity contribution in [3.05, 3.63) is 56.0 Å². The number of piperidine rings is 1. The molecule has 1 amide bonds. The monoisotopic (exact) mass is 429 g/mol. The van der Waals surface area contributed by atoms with Gasteiger partial charge in [-0.2, -0.15) is 0 Å².